The maximum atomic E-state index is 13.5. The van der Waals surface area contributed by atoms with Gasteiger partial charge in [-0.1, -0.05) is 6.07 Å². The molecule has 4 aromatic rings. The average molecular weight is 384 g/mol. The smallest absolute Gasteiger partial charge is 0.277 e. The SMILES string of the molecule is Cc1sc(NC(=O)c2cn3c(C)cccc3n2)nc1-c1ccc(F)c(F)c1. The minimum absolute atomic E-state index is 0.270. The van der Waals surface area contributed by atoms with Crippen LogP contribution < -0.4 is 5.32 Å². The summed E-state index contributed by atoms with van der Waals surface area (Å²) in [6.45, 7) is 3.73. The lowest BCUT2D eigenvalue weighted by Gasteiger charge is -2.00. The second kappa shape index (κ2) is 6.55. The fourth-order valence-corrected chi connectivity index (χ4v) is 3.61. The molecule has 27 heavy (non-hydrogen) atoms. The first kappa shape index (κ1) is 17.3. The fourth-order valence-electron chi connectivity index (χ4n) is 2.78. The molecule has 0 fully saturated rings. The number of hydrogen-bond donors (Lipinski definition) is 1. The second-order valence-corrected chi connectivity index (χ2v) is 7.23. The third-order valence-electron chi connectivity index (χ3n) is 4.14. The van der Waals surface area contributed by atoms with Gasteiger partial charge in [0, 0.05) is 22.3 Å². The Balaban J connectivity index is 1.61. The van der Waals surface area contributed by atoms with Crippen molar-refractivity contribution in [3.63, 3.8) is 0 Å². The number of anilines is 1. The highest BCUT2D eigenvalue weighted by Crippen LogP contribution is 2.31. The number of fused-ring (bicyclic) bond motifs is 1. The highest BCUT2D eigenvalue weighted by molar-refractivity contribution is 7.16. The Morgan fingerprint density at radius 3 is 2.67 bits per heavy atom. The van der Waals surface area contributed by atoms with Crippen molar-refractivity contribution < 1.29 is 13.6 Å². The summed E-state index contributed by atoms with van der Waals surface area (Å²) < 4.78 is 28.5. The topological polar surface area (TPSA) is 59.3 Å². The first-order valence-electron chi connectivity index (χ1n) is 8.11. The van der Waals surface area contributed by atoms with Gasteiger partial charge in [-0.05, 0) is 44.2 Å². The molecule has 0 saturated carbocycles. The van der Waals surface area contributed by atoms with Gasteiger partial charge in [0.15, 0.2) is 16.8 Å². The first-order chi connectivity index (χ1) is 12.9. The molecule has 0 radical (unpaired) electrons. The van der Waals surface area contributed by atoms with E-state index in [2.05, 4.69) is 15.3 Å². The van der Waals surface area contributed by atoms with E-state index in [-0.39, 0.29) is 11.6 Å². The van der Waals surface area contributed by atoms with E-state index in [4.69, 9.17) is 0 Å². The molecule has 0 atom stereocenters. The van der Waals surface area contributed by atoms with Crippen molar-refractivity contribution in [3.8, 4) is 11.3 Å². The number of pyridine rings is 1. The van der Waals surface area contributed by atoms with Crippen molar-refractivity contribution in [3.05, 3.63) is 70.5 Å². The Morgan fingerprint density at radius 1 is 1.11 bits per heavy atom. The van der Waals surface area contributed by atoms with Crippen LogP contribution in [0.4, 0.5) is 13.9 Å². The van der Waals surface area contributed by atoms with Gasteiger partial charge in [0.2, 0.25) is 0 Å². The van der Waals surface area contributed by atoms with Crippen LogP contribution in [0.5, 0.6) is 0 Å². The molecule has 0 aliphatic carbocycles. The number of nitrogens with one attached hydrogen (secondary N) is 1. The summed E-state index contributed by atoms with van der Waals surface area (Å²) >= 11 is 1.26. The molecule has 5 nitrogen and oxygen atoms in total. The molecule has 4 rings (SSSR count). The van der Waals surface area contributed by atoms with Crippen LogP contribution in [0.2, 0.25) is 0 Å². The molecule has 0 bridgehead atoms. The molecule has 0 saturated heterocycles. The standard InChI is InChI=1S/C19H14F2N4OS/c1-10-4-3-5-16-22-15(9-25(10)16)18(26)24-19-23-17(11(2)27-19)12-6-7-13(20)14(21)8-12/h3-9H,1-2H3,(H,23,24,26). The third kappa shape index (κ3) is 3.19. The van der Waals surface area contributed by atoms with Crippen molar-refractivity contribution in [1.82, 2.24) is 14.4 Å². The minimum atomic E-state index is -0.939. The number of aromatic nitrogens is 3. The zero-order valence-corrected chi connectivity index (χ0v) is 15.3. The summed E-state index contributed by atoms with van der Waals surface area (Å²) in [6.07, 6.45) is 1.66. The van der Waals surface area contributed by atoms with Crippen LogP contribution in [0, 0.1) is 25.5 Å². The fraction of sp³-hybridized carbons (Fsp3) is 0.105. The summed E-state index contributed by atoms with van der Waals surface area (Å²) in [5.74, 6) is -2.24. The normalized spacial score (nSPS) is 11.1. The minimum Gasteiger partial charge on any atom is -0.304 e. The van der Waals surface area contributed by atoms with E-state index in [1.165, 1.54) is 17.4 Å². The Hall–Kier alpha value is -3.13. The molecule has 0 unspecified atom stereocenters. The van der Waals surface area contributed by atoms with Crippen LogP contribution in [0.15, 0.2) is 42.6 Å². The van der Waals surface area contributed by atoms with E-state index in [1.807, 2.05) is 29.5 Å². The Labute approximate surface area is 157 Å². The summed E-state index contributed by atoms with van der Waals surface area (Å²) in [7, 11) is 0. The number of aryl methyl sites for hydroxylation is 2. The van der Waals surface area contributed by atoms with E-state index in [9.17, 15) is 13.6 Å². The molecule has 136 valence electrons. The van der Waals surface area contributed by atoms with Crippen LogP contribution in [0.25, 0.3) is 16.9 Å². The number of halogens is 2. The van der Waals surface area contributed by atoms with E-state index in [0.29, 0.717) is 22.0 Å². The number of rotatable bonds is 3. The number of nitrogens with zero attached hydrogens (tertiary/aromatic N) is 3. The summed E-state index contributed by atoms with van der Waals surface area (Å²) in [4.78, 5) is 22.0. The molecular weight excluding hydrogens is 370 g/mol. The van der Waals surface area contributed by atoms with Gasteiger partial charge >= 0.3 is 0 Å². The van der Waals surface area contributed by atoms with Gasteiger partial charge < -0.3 is 4.40 Å². The average Bonchev–Trinajstić information content (AvgIpc) is 3.22. The maximum absolute atomic E-state index is 13.5. The van der Waals surface area contributed by atoms with Crippen molar-refractivity contribution >= 4 is 28.0 Å². The Bertz CT molecular complexity index is 1180. The van der Waals surface area contributed by atoms with Gasteiger partial charge in [-0.15, -0.1) is 11.3 Å². The van der Waals surface area contributed by atoms with Gasteiger partial charge in [-0.25, -0.2) is 18.7 Å². The highest BCUT2D eigenvalue weighted by atomic mass is 32.1. The van der Waals surface area contributed by atoms with Crippen LogP contribution in [-0.4, -0.2) is 20.3 Å². The first-order valence-corrected chi connectivity index (χ1v) is 8.93. The molecule has 0 aliphatic heterocycles. The van der Waals surface area contributed by atoms with Crippen molar-refractivity contribution in [2.75, 3.05) is 5.32 Å². The van der Waals surface area contributed by atoms with Crippen LogP contribution in [-0.2, 0) is 0 Å². The number of carbonyl (C=O) groups excluding carboxylic acids is 1. The third-order valence-corrected chi connectivity index (χ3v) is 5.02. The van der Waals surface area contributed by atoms with Gasteiger partial charge in [-0.2, -0.15) is 0 Å². The molecular formula is C19H14F2N4OS. The lowest BCUT2D eigenvalue weighted by molar-refractivity contribution is 0.102. The summed E-state index contributed by atoms with van der Waals surface area (Å²) in [6, 6.07) is 9.22. The molecule has 8 heteroatoms. The quantitative estimate of drug-likeness (QED) is 0.561. The molecule has 1 aromatic carbocycles. The van der Waals surface area contributed by atoms with Crippen molar-refractivity contribution in [2.45, 2.75) is 13.8 Å². The Morgan fingerprint density at radius 2 is 1.93 bits per heavy atom. The summed E-state index contributed by atoms with van der Waals surface area (Å²) in [5.41, 5.74) is 2.86. The van der Waals surface area contributed by atoms with E-state index in [1.54, 1.807) is 13.1 Å². The monoisotopic (exact) mass is 384 g/mol. The van der Waals surface area contributed by atoms with Gasteiger partial charge in [0.25, 0.3) is 5.91 Å². The highest BCUT2D eigenvalue weighted by Gasteiger charge is 2.16. The van der Waals surface area contributed by atoms with Crippen LogP contribution in [0.3, 0.4) is 0 Å². The predicted molar refractivity (Wildman–Crippen MR) is 100 cm³/mol. The lowest BCUT2D eigenvalue weighted by atomic mass is 10.1. The van der Waals surface area contributed by atoms with Crippen molar-refractivity contribution in [2.24, 2.45) is 0 Å². The number of thiazole rings is 1. The maximum Gasteiger partial charge on any atom is 0.277 e. The second-order valence-electron chi connectivity index (χ2n) is 6.03. The largest absolute Gasteiger partial charge is 0.304 e. The van der Waals surface area contributed by atoms with E-state index >= 15 is 0 Å². The van der Waals surface area contributed by atoms with Crippen molar-refractivity contribution in [1.29, 1.82) is 0 Å². The number of hydrogen-bond acceptors (Lipinski definition) is 4. The molecule has 0 spiro atoms. The van der Waals surface area contributed by atoms with Gasteiger partial charge in [0.1, 0.15) is 11.3 Å². The van der Waals surface area contributed by atoms with E-state index < -0.39 is 11.6 Å². The molecule has 3 heterocycles. The lowest BCUT2D eigenvalue weighted by Crippen LogP contribution is -2.12. The molecule has 3 aromatic heterocycles. The number of carbonyl (C=O) groups is 1. The summed E-state index contributed by atoms with van der Waals surface area (Å²) in [5, 5.41) is 3.09. The zero-order valence-electron chi connectivity index (χ0n) is 14.5. The molecule has 1 N–H and O–H groups in total. The van der Waals surface area contributed by atoms with Gasteiger partial charge in [-0.3, -0.25) is 10.1 Å². The van der Waals surface area contributed by atoms with E-state index in [0.717, 1.165) is 22.7 Å². The predicted octanol–water partition coefficient (Wildman–Crippen LogP) is 4.61. The van der Waals surface area contributed by atoms with Crippen LogP contribution >= 0.6 is 11.3 Å². The number of amides is 1. The number of benzene rings is 1. The molecule has 1 amide bonds. The Kier molecular flexibility index (Phi) is 4.19. The van der Waals surface area contributed by atoms with Crippen LogP contribution in [0.1, 0.15) is 21.1 Å². The zero-order chi connectivity index (χ0) is 19.1. The van der Waals surface area contributed by atoms with Gasteiger partial charge in [0.05, 0.1) is 5.69 Å². The number of imidazole rings is 1. The molecule has 0 aliphatic rings.